The summed E-state index contributed by atoms with van der Waals surface area (Å²) in [5.74, 6) is 0.101. The first kappa shape index (κ1) is 17.4. The van der Waals surface area contributed by atoms with Crippen LogP contribution in [0.25, 0.3) is 0 Å². The number of amides is 2. The van der Waals surface area contributed by atoms with Crippen molar-refractivity contribution in [1.29, 1.82) is 0 Å². The molecule has 3 aliphatic carbocycles. The minimum atomic E-state index is -0.706. The van der Waals surface area contributed by atoms with Crippen LogP contribution in [0.2, 0.25) is 0 Å². The summed E-state index contributed by atoms with van der Waals surface area (Å²) >= 11 is 0. The van der Waals surface area contributed by atoms with E-state index in [4.69, 9.17) is 5.11 Å². The van der Waals surface area contributed by atoms with E-state index in [1.807, 2.05) is 0 Å². The molecule has 2 saturated carbocycles. The number of hydrogen-bond donors (Lipinski definition) is 3. The number of carbonyl (C=O) groups is 2. The largest absolute Gasteiger partial charge is 0.481 e. The number of carboxylic acids is 1. The molecule has 0 spiro atoms. The first-order valence-corrected chi connectivity index (χ1v) is 9.96. The van der Waals surface area contributed by atoms with Gasteiger partial charge in [0, 0.05) is 12.1 Å². The molecule has 26 heavy (non-hydrogen) atoms. The van der Waals surface area contributed by atoms with E-state index in [1.165, 1.54) is 24.0 Å². The van der Waals surface area contributed by atoms with E-state index in [-0.39, 0.29) is 24.0 Å². The SMILES string of the molecule is O=C(NC1CCC(C(=O)O)CC1)NC1C2CCC1Cc1ccccc1C2. The van der Waals surface area contributed by atoms with E-state index in [0.717, 1.165) is 25.7 Å². The molecule has 5 nitrogen and oxygen atoms in total. The van der Waals surface area contributed by atoms with Crippen LogP contribution in [0.1, 0.15) is 49.7 Å². The average molecular weight is 356 g/mol. The predicted molar refractivity (Wildman–Crippen MR) is 98.9 cm³/mol. The molecule has 1 aromatic carbocycles. The van der Waals surface area contributed by atoms with E-state index < -0.39 is 5.97 Å². The van der Waals surface area contributed by atoms with Crippen LogP contribution in [0.15, 0.2) is 24.3 Å². The average Bonchev–Trinajstić information content (AvgIpc) is 2.89. The van der Waals surface area contributed by atoms with Crippen molar-refractivity contribution in [2.75, 3.05) is 0 Å². The molecule has 2 unspecified atom stereocenters. The number of fused-ring (bicyclic) bond motifs is 3. The fraction of sp³-hybridized carbons (Fsp3) is 0.619. The van der Waals surface area contributed by atoms with Gasteiger partial charge in [-0.05, 0) is 74.3 Å². The Morgan fingerprint density at radius 2 is 1.42 bits per heavy atom. The quantitative estimate of drug-likeness (QED) is 0.779. The molecule has 3 aliphatic rings. The van der Waals surface area contributed by atoms with Crippen molar-refractivity contribution in [3.05, 3.63) is 35.4 Å². The molecule has 140 valence electrons. The minimum Gasteiger partial charge on any atom is -0.481 e. The fourth-order valence-electron chi connectivity index (χ4n) is 5.25. The Labute approximate surface area is 154 Å². The van der Waals surface area contributed by atoms with Crippen molar-refractivity contribution in [3.8, 4) is 0 Å². The van der Waals surface area contributed by atoms with Gasteiger partial charge in [-0.2, -0.15) is 0 Å². The van der Waals surface area contributed by atoms with Crippen molar-refractivity contribution in [3.63, 3.8) is 0 Å². The Balaban J connectivity index is 1.33. The van der Waals surface area contributed by atoms with Gasteiger partial charge in [-0.1, -0.05) is 24.3 Å². The number of urea groups is 1. The third-order valence-corrected chi connectivity index (χ3v) is 6.72. The van der Waals surface area contributed by atoms with Crippen molar-refractivity contribution in [1.82, 2.24) is 10.6 Å². The maximum Gasteiger partial charge on any atom is 0.315 e. The lowest BCUT2D eigenvalue weighted by atomic mass is 9.86. The highest BCUT2D eigenvalue weighted by Crippen LogP contribution is 2.40. The first-order chi connectivity index (χ1) is 12.6. The number of nitrogens with one attached hydrogen (secondary N) is 2. The lowest BCUT2D eigenvalue weighted by Crippen LogP contribution is -2.50. The molecule has 3 N–H and O–H groups in total. The summed E-state index contributed by atoms with van der Waals surface area (Å²) in [5, 5.41) is 15.5. The van der Waals surface area contributed by atoms with E-state index in [9.17, 15) is 9.59 Å². The number of benzene rings is 1. The van der Waals surface area contributed by atoms with Gasteiger partial charge in [-0.15, -0.1) is 0 Å². The van der Waals surface area contributed by atoms with Crippen LogP contribution < -0.4 is 10.6 Å². The van der Waals surface area contributed by atoms with Gasteiger partial charge < -0.3 is 15.7 Å². The summed E-state index contributed by atoms with van der Waals surface area (Å²) < 4.78 is 0. The van der Waals surface area contributed by atoms with Crippen LogP contribution in [0.4, 0.5) is 4.79 Å². The van der Waals surface area contributed by atoms with Gasteiger partial charge in [-0.25, -0.2) is 4.79 Å². The minimum absolute atomic E-state index is 0.0726. The van der Waals surface area contributed by atoms with Gasteiger partial charge in [0.25, 0.3) is 0 Å². The lowest BCUT2D eigenvalue weighted by molar-refractivity contribution is -0.142. The second-order valence-corrected chi connectivity index (χ2v) is 8.30. The van der Waals surface area contributed by atoms with Gasteiger partial charge in [0.15, 0.2) is 0 Å². The number of carbonyl (C=O) groups excluding carboxylic acids is 1. The molecule has 4 rings (SSSR count). The smallest absolute Gasteiger partial charge is 0.315 e. The topological polar surface area (TPSA) is 78.4 Å². The highest BCUT2D eigenvalue weighted by Gasteiger charge is 2.40. The van der Waals surface area contributed by atoms with E-state index in [1.54, 1.807) is 0 Å². The third kappa shape index (κ3) is 3.57. The Hall–Kier alpha value is -2.04. The maximum atomic E-state index is 12.6. The second kappa shape index (κ2) is 7.29. The summed E-state index contributed by atoms with van der Waals surface area (Å²) in [6, 6.07) is 8.96. The van der Waals surface area contributed by atoms with E-state index >= 15 is 0 Å². The van der Waals surface area contributed by atoms with Gasteiger partial charge in [0.2, 0.25) is 0 Å². The zero-order valence-electron chi connectivity index (χ0n) is 15.1. The molecule has 0 saturated heterocycles. The van der Waals surface area contributed by atoms with Gasteiger partial charge in [-0.3, -0.25) is 4.79 Å². The highest BCUT2D eigenvalue weighted by atomic mass is 16.4. The molecule has 0 aromatic heterocycles. The van der Waals surface area contributed by atoms with Gasteiger partial charge >= 0.3 is 12.0 Å². The number of aliphatic carboxylic acids is 1. The molecule has 2 atom stereocenters. The molecule has 2 bridgehead atoms. The molecule has 0 heterocycles. The van der Waals surface area contributed by atoms with Crippen molar-refractivity contribution >= 4 is 12.0 Å². The Bertz CT molecular complexity index is 649. The normalized spacial score (nSPS) is 33.0. The third-order valence-electron chi connectivity index (χ3n) is 6.72. The Kier molecular flexibility index (Phi) is 4.88. The van der Waals surface area contributed by atoms with Crippen LogP contribution in [-0.2, 0) is 17.6 Å². The van der Waals surface area contributed by atoms with Crippen LogP contribution in [0.3, 0.4) is 0 Å². The van der Waals surface area contributed by atoms with Crippen LogP contribution in [0, 0.1) is 17.8 Å². The predicted octanol–water partition coefficient (Wildman–Crippen LogP) is 3.12. The van der Waals surface area contributed by atoms with Crippen molar-refractivity contribution in [2.24, 2.45) is 17.8 Å². The summed E-state index contributed by atoms with van der Waals surface area (Å²) in [7, 11) is 0. The molecule has 0 radical (unpaired) electrons. The van der Waals surface area contributed by atoms with Crippen LogP contribution in [-0.4, -0.2) is 29.2 Å². The Morgan fingerprint density at radius 3 is 1.96 bits per heavy atom. The number of rotatable bonds is 3. The molecule has 2 amide bonds. The number of carboxylic acid groups (broad SMARTS) is 1. The molecule has 2 fully saturated rings. The van der Waals surface area contributed by atoms with Crippen LogP contribution >= 0.6 is 0 Å². The summed E-state index contributed by atoms with van der Waals surface area (Å²) in [5.41, 5.74) is 2.89. The summed E-state index contributed by atoms with van der Waals surface area (Å²) in [4.78, 5) is 23.6. The van der Waals surface area contributed by atoms with E-state index in [2.05, 4.69) is 34.9 Å². The maximum absolute atomic E-state index is 12.6. The zero-order valence-corrected chi connectivity index (χ0v) is 15.1. The molecule has 0 aliphatic heterocycles. The second-order valence-electron chi connectivity index (χ2n) is 8.30. The summed E-state index contributed by atoms with van der Waals surface area (Å²) in [6.07, 6.45) is 7.32. The first-order valence-electron chi connectivity index (χ1n) is 9.96. The van der Waals surface area contributed by atoms with Crippen molar-refractivity contribution in [2.45, 2.75) is 63.5 Å². The van der Waals surface area contributed by atoms with Crippen LogP contribution in [0.5, 0.6) is 0 Å². The molecular formula is C21H28N2O3. The zero-order chi connectivity index (χ0) is 18.1. The van der Waals surface area contributed by atoms with Gasteiger partial charge in [0.1, 0.15) is 0 Å². The lowest BCUT2D eigenvalue weighted by Gasteiger charge is -2.29. The van der Waals surface area contributed by atoms with Crippen molar-refractivity contribution < 1.29 is 14.7 Å². The summed E-state index contributed by atoms with van der Waals surface area (Å²) in [6.45, 7) is 0. The fourth-order valence-corrected chi connectivity index (χ4v) is 5.25. The molecular weight excluding hydrogens is 328 g/mol. The highest BCUT2D eigenvalue weighted by molar-refractivity contribution is 5.75. The van der Waals surface area contributed by atoms with E-state index in [0.29, 0.717) is 24.7 Å². The number of hydrogen-bond acceptors (Lipinski definition) is 2. The van der Waals surface area contributed by atoms with Gasteiger partial charge in [0.05, 0.1) is 5.92 Å². The molecule has 5 heteroatoms. The molecule has 1 aromatic rings. The Morgan fingerprint density at radius 1 is 0.846 bits per heavy atom. The monoisotopic (exact) mass is 356 g/mol. The standard InChI is InChI=1S/C21H28N2O3/c24-20(25)13-7-9-18(10-8-13)22-21(26)23-19-16-5-6-17(19)12-15-4-2-1-3-14(15)11-16/h1-4,13,16-19H,5-12H2,(H,24,25)(H2,22,23,26).